The molecule has 182 valence electrons. The molecule has 0 N–H and O–H groups in total. The highest BCUT2D eigenvalue weighted by Gasteiger charge is 2.32. The zero-order valence-electron chi connectivity index (χ0n) is 19.3. The number of carbonyl (C=O) groups is 1. The van der Waals surface area contributed by atoms with E-state index in [0.29, 0.717) is 33.8 Å². The predicted octanol–water partition coefficient (Wildman–Crippen LogP) is 6.70. The number of methoxy groups -OCH3 is 1. The fourth-order valence-electron chi connectivity index (χ4n) is 3.62. The third kappa shape index (κ3) is 4.93. The number of esters is 1. The van der Waals surface area contributed by atoms with Gasteiger partial charge >= 0.3 is 5.97 Å². The van der Waals surface area contributed by atoms with E-state index < -0.39 is 23.3 Å². The van der Waals surface area contributed by atoms with Gasteiger partial charge in [0.2, 0.25) is 0 Å². The minimum absolute atomic E-state index is 0.0402. The number of aromatic nitrogens is 2. The molecule has 0 aliphatic rings. The zero-order valence-corrected chi connectivity index (χ0v) is 20.1. The van der Waals surface area contributed by atoms with Gasteiger partial charge in [0, 0.05) is 23.6 Å². The van der Waals surface area contributed by atoms with Gasteiger partial charge in [0.15, 0.2) is 0 Å². The molecule has 0 atom stereocenters. The number of hydrogen-bond acceptors (Lipinski definition) is 7. The number of nitrogens with zero attached hydrogens (tertiary/aromatic N) is 2. The molecule has 0 fully saturated rings. The molecule has 0 saturated heterocycles. The van der Waals surface area contributed by atoms with Gasteiger partial charge in [-0.2, -0.15) is 0 Å². The first-order valence-electron chi connectivity index (χ1n) is 10.5. The highest BCUT2D eigenvalue weighted by Crippen LogP contribution is 2.38. The predicted molar refractivity (Wildman–Crippen MR) is 124 cm³/mol. The minimum atomic E-state index is -3.27. The number of halogens is 3. The Balaban J connectivity index is 1.57. The third-order valence-corrected chi connectivity index (χ3v) is 6.53. The topological polar surface area (TPSA) is 74.5 Å². The largest absolute Gasteiger partial charge is 0.489 e. The van der Waals surface area contributed by atoms with Crippen LogP contribution in [0.3, 0.4) is 0 Å². The fourth-order valence-corrected chi connectivity index (χ4v) is 4.69. The van der Waals surface area contributed by atoms with Crippen molar-refractivity contribution >= 4 is 17.3 Å². The van der Waals surface area contributed by atoms with E-state index in [1.807, 2.05) is 13.0 Å². The van der Waals surface area contributed by atoms with Crippen LogP contribution < -0.4 is 4.74 Å². The summed E-state index contributed by atoms with van der Waals surface area (Å²) in [4.78, 5) is 16.8. The van der Waals surface area contributed by atoms with Gasteiger partial charge in [0.25, 0.3) is 5.92 Å². The molecule has 4 aromatic rings. The summed E-state index contributed by atoms with van der Waals surface area (Å²) in [6.45, 7) is 4.23. The smallest absolute Gasteiger partial charge is 0.349 e. The molecule has 2 heterocycles. The zero-order chi connectivity index (χ0) is 25.3. The summed E-state index contributed by atoms with van der Waals surface area (Å²) < 4.78 is 58.3. The summed E-state index contributed by atoms with van der Waals surface area (Å²) in [6.07, 6.45) is 1.24. The third-order valence-electron chi connectivity index (χ3n) is 5.36. The van der Waals surface area contributed by atoms with Gasteiger partial charge in [-0.05, 0) is 43.7 Å². The molecular weight excluding hydrogens is 481 g/mol. The molecule has 2 aromatic carbocycles. The Morgan fingerprint density at radius 2 is 1.97 bits per heavy atom. The van der Waals surface area contributed by atoms with Crippen molar-refractivity contribution in [2.75, 3.05) is 7.11 Å². The highest BCUT2D eigenvalue weighted by molar-refractivity contribution is 7.17. The minimum Gasteiger partial charge on any atom is -0.489 e. The first kappa shape index (κ1) is 24.5. The van der Waals surface area contributed by atoms with Crippen molar-refractivity contribution < 1.29 is 32.0 Å². The van der Waals surface area contributed by atoms with Crippen LogP contribution in [-0.4, -0.2) is 23.2 Å². The van der Waals surface area contributed by atoms with Gasteiger partial charge in [0.1, 0.15) is 40.0 Å². The number of hydrogen-bond donors (Lipinski definition) is 0. The van der Waals surface area contributed by atoms with Crippen molar-refractivity contribution in [3.8, 4) is 27.6 Å². The molecule has 0 aliphatic carbocycles. The van der Waals surface area contributed by atoms with Crippen LogP contribution in [0.15, 0.2) is 47.2 Å². The quantitative estimate of drug-likeness (QED) is 0.262. The molecule has 6 nitrogen and oxygen atoms in total. The van der Waals surface area contributed by atoms with Crippen LogP contribution in [0.2, 0.25) is 0 Å². The maximum atomic E-state index is 14.6. The van der Waals surface area contributed by atoms with Crippen LogP contribution in [0.25, 0.3) is 21.8 Å². The van der Waals surface area contributed by atoms with Crippen molar-refractivity contribution in [2.45, 2.75) is 33.3 Å². The summed E-state index contributed by atoms with van der Waals surface area (Å²) in [7, 11) is 1.32. The Kier molecular flexibility index (Phi) is 6.66. The second-order valence-electron chi connectivity index (χ2n) is 7.93. The summed E-state index contributed by atoms with van der Waals surface area (Å²) >= 11 is 1.24. The van der Waals surface area contributed by atoms with Gasteiger partial charge in [0.05, 0.1) is 18.4 Å². The van der Waals surface area contributed by atoms with Gasteiger partial charge in [-0.1, -0.05) is 17.3 Å². The monoisotopic (exact) mass is 502 g/mol. The Labute approximate surface area is 203 Å². The second kappa shape index (κ2) is 9.53. The molecule has 0 saturated carbocycles. The maximum Gasteiger partial charge on any atom is 0.349 e. The SMILES string of the molecule is COC(=O)c1sc(-c2ccc(OCc3conc3-c3c(F)cccc3C(C)(F)F)cc2C)nc1C. The highest BCUT2D eigenvalue weighted by atomic mass is 32.1. The van der Waals surface area contributed by atoms with Crippen LogP contribution in [0.5, 0.6) is 5.75 Å². The first-order valence-corrected chi connectivity index (χ1v) is 11.3. The van der Waals surface area contributed by atoms with E-state index in [9.17, 15) is 18.0 Å². The molecule has 0 aliphatic heterocycles. The Morgan fingerprint density at radius 1 is 1.20 bits per heavy atom. The van der Waals surface area contributed by atoms with Crippen molar-refractivity contribution in [3.05, 3.63) is 75.7 Å². The van der Waals surface area contributed by atoms with E-state index >= 15 is 0 Å². The Hall–Kier alpha value is -3.66. The van der Waals surface area contributed by atoms with E-state index in [2.05, 4.69) is 10.1 Å². The summed E-state index contributed by atoms with van der Waals surface area (Å²) in [5, 5.41) is 4.43. The standard InChI is InChI=1S/C25H21F3N2O4S/c1-13-10-16(8-9-17(13)23-29-14(2)22(35-23)24(31)32-4)33-11-15-12-34-30-21(15)20-18(25(3,27)28)6-5-7-19(20)26/h5-10,12H,11H2,1-4H3. The maximum absolute atomic E-state index is 14.6. The first-order chi connectivity index (χ1) is 16.6. The Bertz CT molecular complexity index is 1390. The van der Waals surface area contributed by atoms with Crippen LogP contribution in [0, 0.1) is 19.7 Å². The lowest BCUT2D eigenvalue weighted by molar-refractivity contribution is 0.0177. The van der Waals surface area contributed by atoms with E-state index in [4.69, 9.17) is 14.0 Å². The number of rotatable bonds is 7. The lowest BCUT2D eigenvalue weighted by Crippen LogP contribution is -2.11. The molecule has 2 aromatic heterocycles. The van der Waals surface area contributed by atoms with Crippen LogP contribution in [-0.2, 0) is 17.3 Å². The summed E-state index contributed by atoms with van der Waals surface area (Å²) in [5.41, 5.74) is 1.73. The molecule has 0 amide bonds. The number of alkyl halides is 2. The fraction of sp³-hybridized carbons (Fsp3) is 0.240. The summed E-state index contributed by atoms with van der Waals surface area (Å²) in [5.74, 6) is -4.05. The molecule has 0 spiro atoms. The molecule has 0 radical (unpaired) electrons. The van der Waals surface area contributed by atoms with Crippen molar-refractivity contribution in [3.63, 3.8) is 0 Å². The van der Waals surface area contributed by atoms with E-state index in [1.165, 1.54) is 30.8 Å². The van der Waals surface area contributed by atoms with Crippen LogP contribution >= 0.6 is 11.3 Å². The van der Waals surface area contributed by atoms with Gasteiger partial charge < -0.3 is 14.0 Å². The van der Waals surface area contributed by atoms with Gasteiger partial charge in [-0.15, -0.1) is 11.3 Å². The molecule has 10 heteroatoms. The molecule has 0 unspecified atom stereocenters. The van der Waals surface area contributed by atoms with Crippen molar-refractivity contribution in [1.82, 2.24) is 10.1 Å². The van der Waals surface area contributed by atoms with Gasteiger partial charge in [-0.25, -0.2) is 22.9 Å². The molecule has 35 heavy (non-hydrogen) atoms. The van der Waals surface area contributed by atoms with Gasteiger partial charge in [-0.3, -0.25) is 0 Å². The average molecular weight is 503 g/mol. The number of thiazole rings is 1. The summed E-state index contributed by atoms with van der Waals surface area (Å²) in [6, 6.07) is 8.80. The van der Waals surface area contributed by atoms with E-state index in [1.54, 1.807) is 19.1 Å². The van der Waals surface area contributed by atoms with Crippen LogP contribution in [0.1, 0.15) is 39.0 Å². The number of carbonyl (C=O) groups excluding carboxylic acids is 1. The number of aryl methyl sites for hydroxylation is 2. The molecule has 0 bridgehead atoms. The lowest BCUT2D eigenvalue weighted by atomic mass is 9.97. The van der Waals surface area contributed by atoms with Crippen LogP contribution in [0.4, 0.5) is 13.2 Å². The van der Waals surface area contributed by atoms with Crippen molar-refractivity contribution in [1.29, 1.82) is 0 Å². The van der Waals surface area contributed by atoms with Crippen molar-refractivity contribution in [2.24, 2.45) is 0 Å². The number of ether oxygens (including phenoxy) is 2. The normalized spacial score (nSPS) is 11.5. The Morgan fingerprint density at radius 3 is 2.66 bits per heavy atom. The second-order valence-corrected chi connectivity index (χ2v) is 8.93. The van der Waals surface area contributed by atoms with E-state index in [-0.39, 0.29) is 17.9 Å². The molecule has 4 rings (SSSR count). The number of benzene rings is 2. The lowest BCUT2D eigenvalue weighted by Gasteiger charge is -2.16. The molecular formula is C25H21F3N2O4S. The van der Waals surface area contributed by atoms with E-state index in [0.717, 1.165) is 23.3 Å². The average Bonchev–Trinajstić information content (AvgIpc) is 3.42.